The molecule has 1 fully saturated rings. The molecule has 1 aliphatic heterocycles. The van der Waals surface area contributed by atoms with Gasteiger partial charge < -0.3 is 4.74 Å². The first-order valence-corrected chi connectivity index (χ1v) is 5.96. The number of ether oxygens (including phenoxy) is 1. The molecule has 1 heterocycles. The summed E-state index contributed by atoms with van der Waals surface area (Å²) in [5.74, 6) is -4.11. The quantitative estimate of drug-likeness (QED) is 0.773. The number of carbonyl (C=O) groups is 1. The maximum Gasteiger partial charge on any atom is 0.411 e. The van der Waals surface area contributed by atoms with Gasteiger partial charge in [0, 0.05) is 11.6 Å². The first kappa shape index (κ1) is 13.7. The Morgan fingerprint density at radius 2 is 1.74 bits per heavy atom. The van der Waals surface area contributed by atoms with Gasteiger partial charge in [-0.15, -0.1) is 0 Å². The Hall–Kier alpha value is -1.72. The van der Waals surface area contributed by atoms with Crippen LogP contribution in [-0.4, -0.2) is 23.1 Å². The molecule has 19 heavy (non-hydrogen) atoms. The number of cyclic esters (lactones) is 1. The van der Waals surface area contributed by atoms with Crippen molar-refractivity contribution in [1.82, 2.24) is 4.90 Å². The molecule has 0 saturated carbocycles. The van der Waals surface area contributed by atoms with E-state index in [1.54, 1.807) is 6.92 Å². The topological polar surface area (TPSA) is 29.5 Å². The summed E-state index contributed by atoms with van der Waals surface area (Å²) < 4.78 is 44.4. The lowest BCUT2D eigenvalue weighted by molar-refractivity contribution is 0.128. The molecule has 2 rings (SSSR count). The number of rotatable bonds is 2. The third kappa shape index (κ3) is 2.27. The van der Waals surface area contributed by atoms with Gasteiger partial charge in [-0.3, -0.25) is 4.90 Å². The number of hydrogen-bond donors (Lipinski definition) is 0. The van der Waals surface area contributed by atoms with Gasteiger partial charge in [0.05, 0.1) is 6.04 Å². The third-order valence-electron chi connectivity index (χ3n) is 3.21. The van der Waals surface area contributed by atoms with Crippen LogP contribution in [0, 0.1) is 17.5 Å². The minimum absolute atomic E-state index is 0.0948. The van der Waals surface area contributed by atoms with E-state index in [-0.39, 0.29) is 17.6 Å². The maximum absolute atomic E-state index is 13.2. The Labute approximate surface area is 109 Å². The fourth-order valence-corrected chi connectivity index (χ4v) is 2.35. The molecule has 1 saturated heterocycles. The average molecular weight is 273 g/mol. The van der Waals surface area contributed by atoms with Crippen molar-refractivity contribution in [3.05, 3.63) is 35.1 Å². The zero-order valence-electron chi connectivity index (χ0n) is 10.8. The van der Waals surface area contributed by atoms with Crippen LogP contribution < -0.4 is 0 Å². The molecule has 0 spiro atoms. The first-order chi connectivity index (χ1) is 8.82. The molecule has 0 aliphatic carbocycles. The monoisotopic (exact) mass is 273 g/mol. The van der Waals surface area contributed by atoms with E-state index in [9.17, 15) is 18.0 Å². The largest absolute Gasteiger partial charge is 0.439 e. The number of nitrogens with zero attached hydrogens (tertiary/aromatic N) is 1. The van der Waals surface area contributed by atoms with Crippen molar-refractivity contribution >= 4 is 6.09 Å². The highest BCUT2D eigenvalue weighted by Crippen LogP contribution is 2.34. The third-order valence-corrected chi connectivity index (χ3v) is 3.21. The molecule has 6 heteroatoms. The zero-order valence-corrected chi connectivity index (χ0v) is 10.8. The first-order valence-electron chi connectivity index (χ1n) is 5.96. The van der Waals surface area contributed by atoms with E-state index >= 15 is 0 Å². The Kier molecular flexibility index (Phi) is 3.43. The highest BCUT2D eigenvalue weighted by atomic mass is 19.2. The van der Waals surface area contributed by atoms with Crippen molar-refractivity contribution in [3.63, 3.8) is 0 Å². The smallest absolute Gasteiger partial charge is 0.411 e. The van der Waals surface area contributed by atoms with Crippen LogP contribution in [0.3, 0.4) is 0 Å². The van der Waals surface area contributed by atoms with Gasteiger partial charge >= 0.3 is 6.09 Å². The molecule has 2 atom stereocenters. The molecule has 1 aromatic rings. The van der Waals surface area contributed by atoms with Crippen molar-refractivity contribution in [3.8, 4) is 0 Å². The molecule has 1 amide bonds. The molecule has 0 radical (unpaired) electrons. The summed E-state index contributed by atoms with van der Waals surface area (Å²) in [4.78, 5) is 13.2. The van der Waals surface area contributed by atoms with Crippen LogP contribution in [0.25, 0.3) is 0 Å². The fraction of sp³-hybridized carbons (Fsp3) is 0.462. The second kappa shape index (κ2) is 4.75. The predicted octanol–water partition coefficient (Wildman–Crippen LogP) is 3.39. The van der Waals surface area contributed by atoms with Gasteiger partial charge in [-0.2, -0.15) is 0 Å². The summed E-state index contributed by atoms with van der Waals surface area (Å²) in [6.45, 7) is 5.34. The van der Waals surface area contributed by atoms with E-state index in [2.05, 4.69) is 0 Å². The van der Waals surface area contributed by atoms with Crippen LogP contribution in [0.15, 0.2) is 12.1 Å². The van der Waals surface area contributed by atoms with Crippen molar-refractivity contribution < 1.29 is 22.7 Å². The fourth-order valence-electron chi connectivity index (χ4n) is 2.35. The normalized spacial score (nSPS) is 23.1. The van der Waals surface area contributed by atoms with Gasteiger partial charge in [-0.1, -0.05) is 0 Å². The van der Waals surface area contributed by atoms with Crippen LogP contribution in [-0.2, 0) is 4.74 Å². The van der Waals surface area contributed by atoms with Crippen LogP contribution in [0.5, 0.6) is 0 Å². The zero-order chi connectivity index (χ0) is 14.3. The molecule has 3 nitrogen and oxygen atoms in total. The lowest BCUT2D eigenvalue weighted by Crippen LogP contribution is -2.37. The molecule has 1 aromatic carbocycles. The minimum Gasteiger partial charge on any atom is -0.439 e. The van der Waals surface area contributed by atoms with Crippen molar-refractivity contribution in [2.24, 2.45) is 0 Å². The SMILES string of the molecule is CC(C)N1C(=O)O[C@H](c2cc(F)c(F)c(F)c2)[C@@H]1C. The number of hydrogen-bond acceptors (Lipinski definition) is 2. The van der Waals surface area contributed by atoms with Gasteiger partial charge in [0.1, 0.15) is 6.10 Å². The summed E-state index contributed by atoms with van der Waals surface area (Å²) in [5.41, 5.74) is 0.111. The average Bonchev–Trinajstić information content (AvgIpc) is 2.61. The van der Waals surface area contributed by atoms with Crippen LogP contribution in [0.2, 0.25) is 0 Å². The summed E-state index contributed by atoms with van der Waals surface area (Å²) >= 11 is 0. The Morgan fingerprint density at radius 1 is 1.21 bits per heavy atom. The second-order valence-electron chi connectivity index (χ2n) is 4.84. The molecule has 104 valence electrons. The lowest BCUT2D eigenvalue weighted by Gasteiger charge is -2.24. The summed E-state index contributed by atoms with van der Waals surface area (Å²) in [6.07, 6.45) is -1.35. The van der Waals surface area contributed by atoms with E-state index in [4.69, 9.17) is 4.74 Å². The Morgan fingerprint density at radius 3 is 2.16 bits per heavy atom. The van der Waals surface area contributed by atoms with Crippen LogP contribution >= 0.6 is 0 Å². The summed E-state index contributed by atoms with van der Waals surface area (Å²) in [5, 5.41) is 0. The van der Waals surface area contributed by atoms with E-state index in [0.29, 0.717) is 0 Å². The molecule has 0 N–H and O–H groups in total. The molecular formula is C13H14F3NO2. The lowest BCUT2D eigenvalue weighted by atomic mass is 10.0. The maximum atomic E-state index is 13.2. The van der Waals surface area contributed by atoms with Gasteiger partial charge in [0.25, 0.3) is 0 Å². The number of benzene rings is 1. The summed E-state index contributed by atoms with van der Waals surface area (Å²) in [6, 6.07) is 1.24. The highest BCUT2D eigenvalue weighted by molar-refractivity contribution is 5.71. The van der Waals surface area contributed by atoms with E-state index in [0.717, 1.165) is 12.1 Å². The van der Waals surface area contributed by atoms with Gasteiger partial charge in [-0.05, 0) is 32.9 Å². The Bertz CT molecular complexity index is 496. The molecule has 1 aliphatic rings. The van der Waals surface area contributed by atoms with Gasteiger partial charge in [0.15, 0.2) is 17.5 Å². The van der Waals surface area contributed by atoms with E-state index in [1.807, 2.05) is 13.8 Å². The molecular weight excluding hydrogens is 259 g/mol. The van der Waals surface area contributed by atoms with Gasteiger partial charge in [-0.25, -0.2) is 18.0 Å². The van der Waals surface area contributed by atoms with Crippen molar-refractivity contribution in [2.45, 2.75) is 39.0 Å². The van der Waals surface area contributed by atoms with Crippen LogP contribution in [0.1, 0.15) is 32.4 Å². The number of halogens is 3. The second-order valence-corrected chi connectivity index (χ2v) is 4.84. The minimum atomic E-state index is -1.53. The molecule has 0 bridgehead atoms. The van der Waals surface area contributed by atoms with Crippen molar-refractivity contribution in [2.75, 3.05) is 0 Å². The molecule has 0 aromatic heterocycles. The predicted molar refractivity (Wildman–Crippen MR) is 62.0 cm³/mol. The number of amides is 1. The van der Waals surface area contributed by atoms with E-state index < -0.39 is 29.6 Å². The van der Waals surface area contributed by atoms with E-state index in [1.165, 1.54) is 4.90 Å². The molecule has 0 unspecified atom stereocenters. The van der Waals surface area contributed by atoms with Gasteiger partial charge in [0.2, 0.25) is 0 Å². The highest BCUT2D eigenvalue weighted by Gasteiger charge is 2.41. The number of carbonyl (C=O) groups excluding carboxylic acids is 1. The van der Waals surface area contributed by atoms with Crippen molar-refractivity contribution in [1.29, 1.82) is 0 Å². The standard InChI is InChI=1S/C13H14F3NO2/c1-6(2)17-7(3)12(19-13(17)18)8-4-9(14)11(16)10(15)5-8/h4-7,12H,1-3H3/t7-,12-/m0/s1. The Balaban J connectivity index is 2.36. The summed E-state index contributed by atoms with van der Waals surface area (Å²) in [7, 11) is 0. The van der Waals surface area contributed by atoms with Crippen LogP contribution in [0.4, 0.5) is 18.0 Å².